The van der Waals surface area contributed by atoms with Crippen molar-refractivity contribution < 1.29 is 14.2 Å². The molecule has 1 saturated heterocycles. The molecule has 31 heavy (non-hydrogen) atoms. The molecule has 1 aromatic carbocycles. The monoisotopic (exact) mass is 446 g/mol. The molecule has 0 radical (unpaired) electrons. The van der Waals surface area contributed by atoms with Crippen LogP contribution in [0.2, 0.25) is 5.02 Å². The standard InChI is InChI=1S/C25H35ClN2O3/c1-19(9-13-29-11-3-12-30-17-21-4-6-23(26)7-5-21)20(2)22-14-25(16-27-15-22)31-18-24-8-10-28-24/h4-7,14-16,19-20,24,28H,3,8-13,17-18H2,1-2H3/t19-,20+,24+/m1/s1. The van der Waals surface area contributed by atoms with Gasteiger partial charge in [-0.25, -0.2) is 0 Å². The fourth-order valence-corrected chi connectivity index (χ4v) is 3.56. The van der Waals surface area contributed by atoms with E-state index in [0.717, 1.165) is 48.9 Å². The number of hydrogen-bond acceptors (Lipinski definition) is 5. The van der Waals surface area contributed by atoms with Crippen LogP contribution < -0.4 is 10.1 Å². The zero-order valence-corrected chi connectivity index (χ0v) is 19.4. The largest absolute Gasteiger partial charge is 0.490 e. The molecular formula is C25H35ClN2O3. The number of rotatable bonds is 14. The van der Waals surface area contributed by atoms with Gasteiger partial charge in [0.1, 0.15) is 12.4 Å². The fourth-order valence-electron chi connectivity index (χ4n) is 3.43. The van der Waals surface area contributed by atoms with Crippen LogP contribution in [0.25, 0.3) is 0 Å². The maximum atomic E-state index is 5.89. The Balaban J connectivity index is 1.26. The van der Waals surface area contributed by atoms with Crippen molar-refractivity contribution in [2.24, 2.45) is 5.92 Å². The molecule has 3 rings (SSSR count). The molecule has 1 aliphatic rings. The van der Waals surface area contributed by atoms with Gasteiger partial charge in [-0.2, -0.15) is 0 Å². The van der Waals surface area contributed by atoms with Gasteiger partial charge in [-0.3, -0.25) is 4.98 Å². The van der Waals surface area contributed by atoms with Crippen molar-refractivity contribution in [3.8, 4) is 5.75 Å². The molecule has 0 bridgehead atoms. The Morgan fingerprint density at radius 3 is 2.61 bits per heavy atom. The van der Waals surface area contributed by atoms with Crippen LogP contribution in [0, 0.1) is 5.92 Å². The summed E-state index contributed by atoms with van der Waals surface area (Å²) in [6.45, 7) is 9.13. The molecule has 0 aliphatic carbocycles. The quantitative estimate of drug-likeness (QED) is 0.403. The SMILES string of the molecule is C[C@H](CCOCCCOCc1ccc(Cl)cc1)[C@H](C)c1cncc(OC[C@@H]2CCN2)c1. The van der Waals surface area contributed by atoms with Crippen molar-refractivity contribution in [1.29, 1.82) is 0 Å². The lowest BCUT2D eigenvalue weighted by Crippen LogP contribution is -2.46. The minimum atomic E-state index is 0.407. The molecular weight excluding hydrogens is 412 g/mol. The Kier molecular flexibility index (Phi) is 10.1. The van der Waals surface area contributed by atoms with Crippen LogP contribution in [0.3, 0.4) is 0 Å². The van der Waals surface area contributed by atoms with E-state index in [1.807, 2.05) is 30.5 Å². The number of aromatic nitrogens is 1. The summed E-state index contributed by atoms with van der Waals surface area (Å²) >= 11 is 5.89. The van der Waals surface area contributed by atoms with Crippen molar-refractivity contribution >= 4 is 11.6 Å². The van der Waals surface area contributed by atoms with Gasteiger partial charge in [0, 0.05) is 37.1 Å². The molecule has 1 aromatic heterocycles. The average molecular weight is 447 g/mol. The highest BCUT2D eigenvalue weighted by molar-refractivity contribution is 6.30. The number of ether oxygens (including phenoxy) is 3. The third kappa shape index (κ3) is 8.41. The molecule has 0 saturated carbocycles. The first-order valence-electron chi connectivity index (χ1n) is 11.3. The molecule has 6 heteroatoms. The normalized spacial score (nSPS) is 17.7. The predicted octanol–water partition coefficient (Wildman–Crippen LogP) is 5.23. The second-order valence-electron chi connectivity index (χ2n) is 8.40. The van der Waals surface area contributed by atoms with Crippen LogP contribution in [0.5, 0.6) is 5.75 Å². The zero-order chi connectivity index (χ0) is 21.9. The lowest BCUT2D eigenvalue weighted by Gasteiger charge is -2.27. The molecule has 2 heterocycles. The number of halogens is 1. The van der Waals surface area contributed by atoms with Crippen LogP contribution in [-0.2, 0) is 16.1 Å². The molecule has 2 aromatic rings. The minimum absolute atomic E-state index is 0.407. The molecule has 0 spiro atoms. The van der Waals surface area contributed by atoms with Gasteiger partial charge in [0.2, 0.25) is 0 Å². The zero-order valence-electron chi connectivity index (χ0n) is 18.7. The molecule has 3 atom stereocenters. The van der Waals surface area contributed by atoms with E-state index in [4.69, 9.17) is 25.8 Å². The van der Waals surface area contributed by atoms with Gasteiger partial charge in [-0.05, 0) is 67.0 Å². The van der Waals surface area contributed by atoms with Gasteiger partial charge in [-0.1, -0.05) is 37.6 Å². The first-order valence-corrected chi connectivity index (χ1v) is 11.7. The molecule has 5 nitrogen and oxygen atoms in total. The lowest BCUT2D eigenvalue weighted by molar-refractivity contribution is 0.0706. The Bertz CT molecular complexity index is 768. The van der Waals surface area contributed by atoms with E-state index < -0.39 is 0 Å². The van der Waals surface area contributed by atoms with Gasteiger partial charge < -0.3 is 19.5 Å². The summed E-state index contributed by atoms with van der Waals surface area (Å²) in [5, 5.41) is 4.10. The highest BCUT2D eigenvalue weighted by atomic mass is 35.5. The number of nitrogens with one attached hydrogen (secondary N) is 1. The summed E-state index contributed by atoms with van der Waals surface area (Å²) in [4.78, 5) is 4.38. The number of benzene rings is 1. The smallest absolute Gasteiger partial charge is 0.137 e. The predicted molar refractivity (Wildman–Crippen MR) is 125 cm³/mol. The summed E-state index contributed by atoms with van der Waals surface area (Å²) in [7, 11) is 0. The molecule has 1 aliphatic heterocycles. The van der Waals surface area contributed by atoms with E-state index in [1.165, 1.54) is 12.0 Å². The first kappa shape index (κ1) is 24.0. The summed E-state index contributed by atoms with van der Waals surface area (Å²) in [6, 6.07) is 10.4. The van der Waals surface area contributed by atoms with Crippen LogP contribution in [0.15, 0.2) is 42.7 Å². The summed E-state index contributed by atoms with van der Waals surface area (Å²) in [5.41, 5.74) is 2.36. The summed E-state index contributed by atoms with van der Waals surface area (Å²) < 4.78 is 17.4. The Hall–Kier alpha value is -1.66. The lowest BCUT2D eigenvalue weighted by atomic mass is 9.88. The van der Waals surface area contributed by atoms with Crippen molar-refractivity contribution in [2.75, 3.05) is 33.0 Å². The molecule has 170 valence electrons. The molecule has 1 N–H and O–H groups in total. The second kappa shape index (κ2) is 13.0. The van der Waals surface area contributed by atoms with Gasteiger partial charge in [-0.15, -0.1) is 0 Å². The maximum absolute atomic E-state index is 5.89. The summed E-state index contributed by atoms with van der Waals surface area (Å²) in [5.74, 6) is 1.77. The van der Waals surface area contributed by atoms with Crippen molar-refractivity contribution in [3.05, 3.63) is 58.9 Å². The van der Waals surface area contributed by atoms with Crippen molar-refractivity contribution in [3.63, 3.8) is 0 Å². The van der Waals surface area contributed by atoms with Crippen LogP contribution in [-0.4, -0.2) is 44.0 Å². The highest BCUT2D eigenvalue weighted by Gasteiger charge is 2.18. The fraction of sp³-hybridized carbons (Fsp3) is 0.560. The van der Waals surface area contributed by atoms with Crippen molar-refractivity contribution in [1.82, 2.24) is 10.3 Å². The maximum Gasteiger partial charge on any atom is 0.137 e. The van der Waals surface area contributed by atoms with E-state index in [1.54, 1.807) is 6.20 Å². The molecule has 1 fully saturated rings. The average Bonchev–Trinajstić information content (AvgIpc) is 2.75. The topological polar surface area (TPSA) is 52.6 Å². The highest BCUT2D eigenvalue weighted by Crippen LogP contribution is 2.28. The third-order valence-electron chi connectivity index (χ3n) is 5.97. The number of pyridine rings is 1. The van der Waals surface area contributed by atoms with Crippen LogP contribution >= 0.6 is 11.6 Å². The van der Waals surface area contributed by atoms with E-state index >= 15 is 0 Å². The first-order chi connectivity index (χ1) is 15.1. The van der Waals surface area contributed by atoms with Crippen LogP contribution in [0.4, 0.5) is 0 Å². The van der Waals surface area contributed by atoms with Gasteiger partial charge in [0.25, 0.3) is 0 Å². The van der Waals surface area contributed by atoms with Gasteiger partial charge in [0.05, 0.1) is 12.8 Å². The minimum Gasteiger partial charge on any atom is -0.490 e. The van der Waals surface area contributed by atoms with Crippen LogP contribution in [0.1, 0.15) is 50.2 Å². The van der Waals surface area contributed by atoms with Gasteiger partial charge >= 0.3 is 0 Å². The molecule has 0 amide bonds. The Labute approximate surface area is 191 Å². The van der Waals surface area contributed by atoms with Gasteiger partial charge in [0.15, 0.2) is 0 Å². The number of hydrogen-bond donors (Lipinski definition) is 1. The third-order valence-corrected chi connectivity index (χ3v) is 6.22. The van der Waals surface area contributed by atoms with E-state index in [9.17, 15) is 0 Å². The van der Waals surface area contributed by atoms with E-state index in [-0.39, 0.29) is 0 Å². The van der Waals surface area contributed by atoms with Crippen molar-refractivity contribution in [2.45, 2.75) is 51.7 Å². The van der Waals surface area contributed by atoms with E-state index in [2.05, 4.69) is 30.2 Å². The number of nitrogens with zero attached hydrogens (tertiary/aromatic N) is 1. The summed E-state index contributed by atoms with van der Waals surface area (Å²) in [6.07, 6.45) is 6.86. The second-order valence-corrected chi connectivity index (χ2v) is 8.84. The molecule has 0 unspecified atom stereocenters. The Morgan fingerprint density at radius 1 is 1.10 bits per heavy atom. The van der Waals surface area contributed by atoms with E-state index in [0.29, 0.717) is 37.7 Å². The Morgan fingerprint density at radius 2 is 1.87 bits per heavy atom.